The highest BCUT2D eigenvalue weighted by Gasteiger charge is 2.42. The van der Waals surface area contributed by atoms with E-state index in [0.29, 0.717) is 18.3 Å². The lowest BCUT2D eigenvalue weighted by Crippen LogP contribution is -2.36. The summed E-state index contributed by atoms with van der Waals surface area (Å²) in [5.41, 5.74) is 4.64. The summed E-state index contributed by atoms with van der Waals surface area (Å²) in [5, 5.41) is 3.28. The number of nitrogens with one attached hydrogen (secondary N) is 1. The first-order valence-corrected chi connectivity index (χ1v) is 13.8. The second kappa shape index (κ2) is 12.0. The van der Waals surface area contributed by atoms with Crippen LogP contribution in [0.5, 0.6) is 5.75 Å². The molecule has 0 radical (unpaired) electrons. The highest BCUT2D eigenvalue weighted by molar-refractivity contribution is 5.96. The molecule has 2 fully saturated rings. The Morgan fingerprint density at radius 2 is 1.67 bits per heavy atom. The number of rotatable bonds is 9. The van der Waals surface area contributed by atoms with Crippen LogP contribution in [0.4, 0.5) is 0 Å². The third-order valence-corrected chi connectivity index (χ3v) is 8.21. The number of aryl methyl sites for hydroxylation is 2. The molecule has 204 valence electrons. The molecule has 2 amide bonds. The van der Waals surface area contributed by atoms with Gasteiger partial charge in [-0.2, -0.15) is 0 Å². The van der Waals surface area contributed by atoms with E-state index in [-0.39, 0.29) is 17.9 Å². The SMILES string of the molecule is COc1ccc(CC(=O)NC(CCN2CC3CN(C(=O)c4c(C)ccnc4C)C[C@@H]3C2)c2ccccc2)cc1. The zero-order valence-corrected chi connectivity index (χ0v) is 23.1. The van der Waals surface area contributed by atoms with E-state index in [1.807, 2.05) is 67.3 Å². The van der Waals surface area contributed by atoms with E-state index >= 15 is 0 Å². The fraction of sp³-hybridized carbons (Fsp3) is 0.406. The van der Waals surface area contributed by atoms with E-state index in [1.165, 1.54) is 0 Å². The average Bonchev–Trinajstić information content (AvgIpc) is 3.51. The molecule has 2 aliphatic heterocycles. The number of fused-ring (bicyclic) bond motifs is 1. The number of pyridine rings is 1. The molecule has 0 saturated carbocycles. The molecule has 39 heavy (non-hydrogen) atoms. The van der Waals surface area contributed by atoms with Crippen molar-refractivity contribution in [1.29, 1.82) is 0 Å². The minimum atomic E-state index is -0.0491. The van der Waals surface area contributed by atoms with Crippen LogP contribution in [0, 0.1) is 25.7 Å². The van der Waals surface area contributed by atoms with Crippen LogP contribution in [0.25, 0.3) is 0 Å². The molecule has 7 heteroatoms. The van der Waals surface area contributed by atoms with E-state index in [0.717, 1.165) is 72.8 Å². The van der Waals surface area contributed by atoms with Crippen LogP contribution in [0.3, 0.4) is 0 Å². The topological polar surface area (TPSA) is 74.8 Å². The van der Waals surface area contributed by atoms with Crippen molar-refractivity contribution >= 4 is 11.8 Å². The highest BCUT2D eigenvalue weighted by Crippen LogP contribution is 2.33. The largest absolute Gasteiger partial charge is 0.497 e. The first-order chi connectivity index (χ1) is 18.9. The number of likely N-dealkylation sites (tertiary alicyclic amines) is 2. The molecular weight excluding hydrogens is 488 g/mol. The fourth-order valence-corrected chi connectivity index (χ4v) is 6.11. The normalized spacial score (nSPS) is 19.5. The van der Waals surface area contributed by atoms with Gasteiger partial charge in [-0.15, -0.1) is 0 Å². The Morgan fingerprint density at radius 3 is 2.31 bits per heavy atom. The van der Waals surface area contributed by atoms with Crippen molar-refractivity contribution in [1.82, 2.24) is 20.1 Å². The molecule has 0 bridgehead atoms. The minimum Gasteiger partial charge on any atom is -0.497 e. The van der Waals surface area contributed by atoms with Crippen molar-refractivity contribution in [3.8, 4) is 5.75 Å². The van der Waals surface area contributed by atoms with Gasteiger partial charge in [-0.05, 0) is 67.0 Å². The molecule has 0 aliphatic carbocycles. The minimum absolute atomic E-state index is 0.0162. The van der Waals surface area contributed by atoms with E-state index in [1.54, 1.807) is 13.3 Å². The average molecular weight is 527 g/mol. The molecule has 5 rings (SSSR count). The quantitative estimate of drug-likeness (QED) is 0.452. The van der Waals surface area contributed by atoms with Gasteiger partial charge in [0.2, 0.25) is 5.91 Å². The summed E-state index contributed by atoms with van der Waals surface area (Å²) >= 11 is 0. The van der Waals surface area contributed by atoms with Gasteiger partial charge in [0.05, 0.1) is 30.8 Å². The molecule has 3 heterocycles. The van der Waals surface area contributed by atoms with Crippen LogP contribution in [-0.4, -0.2) is 66.4 Å². The summed E-state index contributed by atoms with van der Waals surface area (Å²) in [6.07, 6.45) is 2.94. The lowest BCUT2D eigenvalue weighted by molar-refractivity contribution is -0.121. The summed E-state index contributed by atoms with van der Waals surface area (Å²) in [6.45, 7) is 8.38. The van der Waals surface area contributed by atoms with E-state index in [2.05, 4.69) is 27.3 Å². The predicted molar refractivity (Wildman–Crippen MR) is 152 cm³/mol. The molecular formula is C32H38N4O3. The zero-order valence-electron chi connectivity index (χ0n) is 23.1. The summed E-state index contributed by atoms with van der Waals surface area (Å²) < 4.78 is 5.22. The smallest absolute Gasteiger partial charge is 0.255 e. The van der Waals surface area contributed by atoms with Crippen LogP contribution < -0.4 is 10.1 Å². The summed E-state index contributed by atoms with van der Waals surface area (Å²) in [4.78, 5) is 35.1. The van der Waals surface area contributed by atoms with E-state index in [4.69, 9.17) is 4.74 Å². The van der Waals surface area contributed by atoms with E-state index in [9.17, 15) is 9.59 Å². The lowest BCUT2D eigenvalue weighted by atomic mass is 10.0. The second-order valence-corrected chi connectivity index (χ2v) is 10.9. The van der Waals surface area contributed by atoms with Gasteiger partial charge in [0, 0.05) is 38.9 Å². The number of aromatic nitrogens is 1. The molecule has 2 aliphatic rings. The Hall–Kier alpha value is -3.71. The first kappa shape index (κ1) is 26.9. The van der Waals surface area contributed by atoms with Gasteiger partial charge in [-0.3, -0.25) is 14.6 Å². The van der Waals surface area contributed by atoms with Crippen LogP contribution in [0.2, 0.25) is 0 Å². The Kier molecular flexibility index (Phi) is 8.27. The molecule has 1 N–H and O–H groups in total. The van der Waals surface area contributed by atoms with Gasteiger partial charge in [-0.25, -0.2) is 0 Å². The van der Waals surface area contributed by atoms with Gasteiger partial charge in [-0.1, -0.05) is 42.5 Å². The Bertz CT molecular complexity index is 1260. The molecule has 2 saturated heterocycles. The van der Waals surface area contributed by atoms with Crippen LogP contribution in [0.15, 0.2) is 66.9 Å². The molecule has 2 unspecified atom stereocenters. The summed E-state index contributed by atoms with van der Waals surface area (Å²) in [6, 6.07) is 19.7. The third kappa shape index (κ3) is 6.31. The molecule has 3 atom stereocenters. The molecule has 3 aromatic rings. The standard InChI is InChI=1S/C32H38N4O3/c1-22-13-15-33-23(2)31(22)32(38)36-20-26-18-35(19-27(26)21-36)16-14-29(25-7-5-4-6-8-25)34-30(37)17-24-9-11-28(39-3)12-10-24/h4-13,15,26-27,29H,14,16-21H2,1-3H3,(H,34,37)/t26-,27?,29?/m0/s1. The Labute approximate surface area is 231 Å². The Morgan fingerprint density at radius 1 is 0.974 bits per heavy atom. The lowest BCUT2D eigenvalue weighted by Gasteiger charge is -2.25. The fourth-order valence-electron chi connectivity index (χ4n) is 6.11. The monoisotopic (exact) mass is 526 g/mol. The molecule has 2 aromatic carbocycles. The first-order valence-electron chi connectivity index (χ1n) is 13.8. The molecule has 0 spiro atoms. The number of benzene rings is 2. The third-order valence-electron chi connectivity index (χ3n) is 8.21. The zero-order chi connectivity index (χ0) is 27.4. The van der Waals surface area contributed by atoms with Gasteiger partial charge in [0.15, 0.2) is 0 Å². The predicted octanol–water partition coefficient (Wildman–Crippen LogP) is 4.20. The number of carbonyl (C=O) groups is 2. The van der Waals surface area contributed by atoms with Crippen molar-refractivity contribution < 1.29 is 14.3 Å². The second-order valence-electron chi connectivity index (χ2n) is 10.9. The number of ether oxygens (including phenoxy) is 1. The highest BCUT2D eigenvalue weighted by atomic mass is 16.5. The molecule has 7 nitrogen and oxygen atoms in total. The Balaban J connectivity index is 1.16. The number of hydrogen-bond acceptors (Lipinski definition) is 5. The number of hydrogen-bond donors (Lipinski definition) is 1. The number of amides is 2. The van der Waals surface area contributed by atoms with Gasteiger partial charge >= 0.3 is 0 Å². The number of carbonyl (C=O) groups excluding carboxylic acids is 2. The van der Waals surface area contributed by atoms with Crippen molar-refractivity contribution in [2.24, 2.45) is 11.8 Å². The summed E-state index contributed by atoms with van der Waals surface area (Å²) in [5.74, 6) is 1.90. The van der Waals surface area contributed by atoms with Crippen LogP contribution in [-0.2, 0) is 11.2 Å². The molecule has 1 aromatic heterocycles. The maximum Gasteiger partial charge on any atom is 0.255 e. The number of methoxy groups -OCH3 is 1. The van der Waals surface area contributed by atoms with Crippen molar-refractivity contribution in [3.05, 3.63) is 94.8 Å². The van der Waals surface area contributed by atoms with Gasteiger partial charge < -0.3 is 19.9 Å². The van der Waals surface area contributed by atoms with Crippen LogP contribution in [0.1, 0.15) is 45.2 Å². The maximum absolute atomic E-state index is 13.3. The maximum atomic E-state index is 13.3. The van der Waals surface area contributed by atoms with E-state index < -0.39 is 0 Å². The van der Waals surface area contributed by atoms with Crippen molar-refractivity contribution in [3.63, 3.8) is 0 Å². The van der Waals surface area contributed by atoms with Crippen LogP contribution >= 0.6 is 0 Å². The summed E-state index contributed by atoms with van der Waals surface area (Å²) in [7, 11) is 1.64. The van der Waals surface area contributed by atoms with Crippen molar-refractivity contribution in [2.75, 3.05) is 39.8 Å². The van der Waals surface area contributed by atoms with Gasteiger partial charge in [0.25, 0.3) is 5.91 Å². The van der Waals surface area contributed by atoms with Gasteiger partial charge in [0.1, 0.15) is 5.75 Å². The number of nitrogens with zero attached hydrogens (tertiary/aromatic N) is 3. The van der Waals surface area contributed by atoms with Crippen molar-refractivity contribution in [2.45, 2.75) is 32.7 Å².